The number of carbonyl (C=O) groups excluding carboxylic acids is 2. The van der Waals surface area contributed by atoms with Crippen LogP contribution in [0.25, 0.3) is 0 Å². The van der Waals surface area contributed by atoms with Crippen LogP contribution < -0.4 is 15.4 Å². The first-order valence-corrected chi connectivity index (χ1v) is 11.5. The van der Waals surface area contributed by atoms with Gasteiger partial charge in [0.2, 0.25) is 10.0 Å². The number of benzene rings is 2. The minimum absolute atomic E-state index is 0.0934. The summed E-state index contributed by atoms with van der Waals surface area (Å²) in [5.74, 6) is -0.0900. The van der Waals surface area contributed by atoms with Gasteiger partial charge in [-0.2, -0.15) is 4.31 Å². The van der Waals surface area contributed by atoms with Crippen molar-refractivity contribution in [2.24, 2.45) is 0 Å². The van der Waals surface area contributed by atoms with Crippen LogP contribution in [0.3, 0.4) is 0 Å². The molecule has 0 bridgehead atoms. The van der Waals surface area contributed by atoms with Crippen LogP contribution in [0.15, 0.2) is 53.4 Å². The van der Waals surface area contributed by atoms with Crippen LogP contribution in [0.5, 0.6) is 5.75 Å². The number of hydrogen-bond acceptors (Lipinski definition) is 7. The Morgan fingerprint density at radius 1 is 1.03 bits per heavy atom. The molecule has 32 heavy (non-hydrogen) atoms. The van der Waals surface area contributed by atoms with E-state index in [1.807, 2.05) is 0 Å². The van der Waals surface area contributed by atoms with Crippen LogP contribution in [0.4, 0.5) is 16.2 Å². The number of nitrogens with zero attached hydrogens (tertiary/aromatic N) is 1. The van der Waals surface area contributed by atoms with Gasteiger partial charge in [-0.05, 0) is 37.3 Å². The molecule has 0 unspecified atom stereocenters. The first-order chi connectivity index (χ1) is 15.4. The quantitative estimate of drug-likeness (QED) is 0.616. The van der Waals surface area contributed by atoms with E-state index in [2.05, 4.69) is 10.6 Å². The minimum atomic E-state index is -3.67. The normalized spacial score (nSPS) is 14.4. The van der Waals surface area contributed by atoms with Crippen LogP contribution in [-0.4, -0.2) is 64.2 Å². The first kappa shape index (κ1) is 23.5. The molecule has 1 fully saturated rings. The average molecular weight is 464 g/mol. The number of ether oxygens (including phenoxy) is 3. The van der Waals surface area contributed by atoms with Crippen LogP contribution in [0, 0.1) is 0 Å². The van der Waals surface area contributed by atoms with Crippen molar-refractivity contribution in [2.45, 2.75) is 11.8 Å². The van der Waals surface area contributed by atoms with Gasteiger partial charge in [-0.15, -0.1) is 0 Å². The summed E-state index contributed by atoms with van der Waals surface area (Å²) in [6.07, 6.45) is -0.589. The Bertz CT molecular complexity index is 1050. The summed E-state index contributed by atoms with van der Waals surface area (Å²) in [4.78, 5) is 23.9. The lowest BCUT2D eigenvalue weighted by Crippen LogP contribution is -2.40. The van der Waals surface area contributed by atoms with Crippen molar-refractivity contribution in [3.05, 3.63) is 48.5 Å². The van der Waals surface area contributed by atoms with Crippen molar-refractivity contribution in [2.75, 3.05) is 50.2 Å². The Morgan fingerprint density at radius 2 is 1.72 bits per heavy atom. The smallest absolute Gasteiger partial charge is 0.411 e. The third-order valence-electron chi connectivity index (χ3n) is 4.45. The molecule has 172 valence electrons. The second-order valence-electron chi connectivity index (χ2n) is 6.75. The number of morpholine rings is 1. The molecule has 2 amide bonds. The highest BCUT2D eigenvalue weighted by atomic mass is 32.2. The molecule has 0 aromatic heterocycles. The zero-order valence-electron chi connectivity index (χ0n) is 17.6. The van der Waals surface area contributed by atoms with E-state index in [1.165, 1.54) is 16.4 Å². The van der Waals surface area contributed by atoms with Gasteiger partial charge in [0.1, 0.15) is 5.75 Å². The van der Waals surface area contributed by atoms with Gasteiger partial charge in [0, 0.05) is 30.5 Å². The van der Waals surface area contributed by atoms with E-state index in [4.69, 9.17) is 14.2 Å². The molecule has 0 atom stereocenters. The first-order valence-electron chi connectivity index (χ1n) is 10.0. The molecule has 0 radical (unpaired) electrons. The largest absolute Gasteiger partial charge is 0.484 e. The molecule has 2 aromatic rings. The maximum absolute atomic E-state index is 12.8. The van der Waals surface area contributed by atoms with E-state index in [0.29, 0.717) is 30.3 Å². The number of carbonyl (C=O) groups is 2. The molecule has 1 heterocycles. The van der Waals surface area contributed by atoms with Gasteiger partial charge < -0.3 is 19.5 Å². The van der Waals surface area contributed by atoms with E-state index in [-0.39, 0.29) is 31.2 Å². The minimum Gasteiger partial charge on any atom is -0.484 e. The predicted molar refractivity (Wildman–Crippen MR) is 117 cm³/mol. The van der Waals surface area contributed by atoms with E-state index in [1.54, 1.807) is 43.3 Å². The molecule has 0 spiro atoms. The number of anilines is 2. The summed E-state index contributed by atoms with van der Waals surface area (Å²) in [6.45, 7) is 2.92. The molecule has 2 N–H and O–H groups in total. The molecule has 2 aromatic carbocycles. The van der Waals surface area contributed by atoms with Crippen molar-refractivity contribution in [3.8, 4) is 5.75 Å². The highest BCUT2D eigenvalue weighted by molar-refractivity contribution is 7.89. The van der Waals surface area contributed by atoms with Crippen molar-refractivity contribution >= 4 is 33.4 Å². The zero-order valence-corrected chi connectivity index (χ0v) is 18.4. The highest BCUT2D eigenvalue weighted by Gasteiger charge is 2.26. The summed E-state index contributed by atoms with van der Waals surface area (Å²) in [5.41, 5.74) is 0.799. The molecule has 1 aliphatic rings. The Hall–Kier alpha value is -3.15. The highest BCUT2D eigenvalue weighted by Crippen LogP contribution is 2.21. The fraction of sp³-hybridized carbons (Fsp3) is 0.333. The monoisotopic (exact) mass is 463 g/mol. The SMILES string of the molecule is CCOC(=O)Nc1cccc(OCC(=O)Nc2cccc(S(=O)(=O)N3CCOCC3)c2)c1. The Morgan fingerprint density at radius 3 is 2.44 bits per heavy atom. The molecule has 1 saturated heterocycles. The van der Waals surface area contributed by atoms with Gasteiger partial charge in [0.25, 0.3) is 5.91 Å². The van der Waals surface area contributed by atoms with Crippen molar-refractivity contribution in [1.82, 2.24) is 4.31 Å². The molecule has 10 nitrogen and oxygen atoms in total. The van der Waals surface area contributed by atoms with Crippen molar-refractivity contribution < 1.29 is 32.2 Å². The summed E-state index contributed by atoms with van der Waals surface area (Å²) in [7, 11) is -3.67. The zero-order chi connectivity index (χ0) is 23.0. The summed E-state index contributed by atoms with van der Waals surface area (Å²) in [5, 5.41) is 5.18. The van der Waals surface area contributed by atoms with Gasteiger partial charge in [-0.1, -0.05) is 12.1 Å². The molecule has 1 aliphatic heterocycles. The van der Waals surface area contributed by atoms with Gasteiger partial charge in [0.05, 0.1) is 24.7 Å². The van der Waals surface area contributed by atoms with Crippen LogP contribution >= 0.6 is 0 Å². The Labute approximate surface area is 186 Å². The molecular weight excluding hydrogens is 438 g/mol. The average Bonchev–Trinajstić information content (AvgIpc) is 2.79. The Balaban J connectivity index is 1.58. The Kier molecular flexibility index (Phi) is 8.03. The van der Waals surface area contributed by atoms with Gasteiger partial charge in [0.15, 0.2) is 6.61 Å². The summed E-state index contributed by atoms with van der Waals surface area (Å²) >= 11 is 0. The van der Waals surface area contributed by atoms with Gasteiger partial charge in [-0.25, -0.2) is 13.2 Å². The lowest BCUT2D eigenvalue weighted by atomic mass is 10.3. The second kappa shape index (κ2) is 10.9. The maximum Gasteiger partial charge on any atom is 0.411 e. The number of rotatable bonds is 8. The van der Waals surface area contributed by atoms with Crippen molar-refractivity contribution in [3.63, 3.8) is 0 Å². The van der Waals surface area contributed by atoms with E-state index < -0.39 is 22.0 Å². The summed E-state index contributed by atoms with van der Waals surface area (Å²) < 4.78 is 42.4. The number of hydrogen-bond donors (Lipinski definition) is 2. The van der Waals surface area contributed by atoms with Gasteiger partial charge >= 0.3 is 6.09 Å². The van der Waals surface area contributed by atoms with Crippen LogP contribution in [0.1, 0.15) is 6.92 Å². The lowest BCUT2D eigenvalue weighted by Gasteiger charge is -2.26. The fourth-order valence-electron chi connectivity index (χ4n) is 2.96. The molecule has 3 rings (SSSR count). The predicted octanol–water partition coefficient (Wildman–Crippen LogP) is 2.29. The number of sulfonamides is 1. The fourth-order valence-corrected chi connectivity index (χ4v) is 4.42. The van der Waals surface area contributed by atoms with E-state index in [9.17, 15) is 18.0 Å². The summed E-state index contributed by atoms with van der Waals surface area (Å²) in [6, 6.07) is 12.6. The number of nitrogens with one attached hydrogen (secondary N) is 2. The molecule has 11 heteroatoms. The van der Waals surface area contributed by atoms with E-state index >= 15 is 0 Å². The standard InChI is InChI=1S/C21H25N3O7S/c1-2-30-21(26)23-16-5-3-7-18(13-16)31-15-20(25)22-17-6-4-8-19(14-17)32(27,28)24-9-11-29-12-10-24/h3-8,13-14H,2,9-12,15H2,1H3,(H,22,25)(H,23,26). The van der Waals surface area contributed by atoms with Gasteiger partial charge in [-0.3, -0.25) is 10.1 Å². The molecular formula is C21H25N3O7S. The van der Waals surface area contributed by atoms with E-state index in [0.717, 1.165) is 0 Å². The molecule has 0 aliphatic carbocycles. The lowest BCUT2D eigenvalue weighted by molar-refractivity contribution is -0.118. The third-order valence-corrected chi connectivity index (χ3v) is 6.35. The maximum atomic E-state index is 12.8. The van der Waals surface area contributed by atoms with Crippen LogP contribution in [-0.2, 0) is 24.3 Å². The topological polar surface area (TPSA) is 123 Å². The third kappa shape index (κ3) is 6.42. The van der Waals surface area contributed by atoms with Crippen molar-refractivity contribution in [1.29, 1.82) is 0 Å². The molecule has 0 saturated carbocycles. The number of amides is 2. The second-order valence-corrected chi connectivity index (χ2v) is 8.69. The van der Waals surface area contributed by atoms with Crippen LogP contribution in [0.2, 0.25) is 0 Å².